The maximum Gasteiger partial charge on any atom is 0.309 e. The summed E-state index contributed by atoms with van der Waals surface area (Å²) in [6.45, 7) is 4.77. The molecule has 98 valence electrons. The van der Waals surface area contributed by atoms with Gasteiger partial charge in [-0.25, -0.2) is 0 Å². The fourth-order valence-electron chi connectivity index (χ4n) is 1.42. The van der Waals surface area contributed by atoms with E-state index in [4.69, 9.17) is 5.11 Å². The Kier molecular flexibility index (Phi) is 3.96. The highest BCUT2D eigenvalue weighted by atomic mass is 16.4. The standard InChI is InChI=1S/C13H17NO4/c1-8-4-5-9(10(15)6-8)14-11(16)7-13(2,3)12(17)18/h4-6,15H,7H2,1-3H3,(H,14,16)(H,17,18). The number of carboxylic acid groups (broad SMARTS) is 1. The van der Waals surface area contributed by atoms with E-state index in [0.717, 1.165) is 5.56 Å². The second-order valence-corrected chi connectivity index (χ2v) is 4.93. The van der Waals surface area contributed by atoms with Crippen LogP contribution in [0.2, 0.25) is 0 Å². The molecular formula is C13H17NO4. The third kappa shape index (κ3) is 3.48. The van der Waals surface area contributed by atoms with Gasteiger partial charge in [0.05, 0.1) is 11.1 Å². The van der Waals surface area contributed by atoms with Crippen molar-refractivity contribution in [1.82, 2.24) is 0 Å². The van der Waals surface area contributed by atoms with Crippen LogP contribution in [0.4, 0.5) is 5.69 Å². The molecule has 1 aromatic carbocycles. The number of phenolic OH excluding ortho intramolecular Hbond substituents is 1. The molecule has 1 amide bonds. The van der Waals surface area contributed by atoms with Crippen molar-refractivity contribution in [2.45, 2.75) is 27.2 Å². The van der Waals surface area contributed by atoms with Gasteiger partial charge in [0.1, 0.15) is 5.75 Å². The van der Waals surface area contributed by atoms with Crippen LogP contribution >= 0.6 is 0 Å². The minimum absolute atomic E-state index is 0.0310. The molecule has 1 aromatic rings. The summed E-state index contributed by atoms with van der Waals surface area (Å²) in [5.41, 5.74) is 0.0212. The first-order valence-corrected chi connectivity index (χ1v) is 5.55. The molecule has 0 aliphatic carbocycles. The summed E-state index contributed by atoms with van der Waals surface area (Å²) in [5.74, 6) is -1.51. The number of nitrogens with one attached hydrogen (secondary N) is 1. The number of hydrogen-bond donors (Lipinski definition) is 3. The zero-order valence-corrected chi connectivity index (χ0v) is 10.7. The molecule has 5 nitrogen and oxygen atoms in total. The monoisotopic (exact) mass is 251 g/mol. The third-order valence-corrected chi connectivity index (χ3v) is 2.61. The first kappa shape index (κ1) is 14.0. The summed E-state index contributed by atoms with van der Waals surface area (Å²) in [4.78, 5) is 22.6. The van der Waals surface area contributed by atoms with Crippen molar-refractivity contribution in [2.24, 2.45) is 5.41 Å². The van der Waals surface area contributed by atoms with Crippen LogP contribution in [0.1, 0.15) is 25.8 Å². The molecule has 0 unspecified atom stereocenters. The second-order valence-electron chi connectivity index (χ2n) is 4.93. The first-order valence-electron chi connectivity index (χ1n) is 5.55. The highest BCUT2D eigenvalue weighted by Crippen LogP contribution is 2.26. The van der Waals surface area contributed by atoms with E-state index >= 15 is 0 Å². The highest BCUT2D eigenvalue weighted by molar-refractivity contribution is 5.95. The van der Waals surface area contributed by atoms with Gasteiger partial charge in [-0.2, -0.15) is 0 Å². The average Bonchev–Trinajstić information content (AvgIpc) is 2.21. The molecule has 0 saturated carbocycles. The van der Waals surface area contributed by atoms with Crippen LogP contribution in [0, 0.1) is 12.3 Å². The number of rotatable bonds is 4. The number of carbonyl (C=O) groups is 2. The van der Waals surface area contributed by atoms with Crippen LogP contribution in [0.15, 0.2) is 18.2 Å². The smallest absolute Gasteiger partial charge is 0.309 e. The number of anilines is 1. The van der Waals surface area contributed by atoms with E-state index in [1.807, 2.05) is 6.92 Å². The second kappa shape index (κ2) is 5.08. The average molecular weight is 251 g/mol. The molecule has 0 aromatic heterocycles. The van der Waals surface area contributed by atoms with Gasteiger partial charge in [-0.05, 0) is 38.5 Å². The van der Waals surface area contributed by atoms with Gasteiger partial charge in [0, 0.05) is 6.42 Å². The van der Waals surface area contributed by atoms with Gasteiger partial charge >= 0.3 is 5.97 Å². The Bertz CT molecular complexity index is 480. The molecule has 0 bridgehead atoms. The predicted molar refractivity (Wildman–Crippen MR) is 67.5 cm³/mol. The van der Waals surface area contributed by atoms with Crippen LogP contribution in [-0.4, -0.2) is 22.1 Å². The first-order chi connectivity index (χ1) is 8.22. The summed E-state index contributed by atoms with van der Waals surface area (Å²) < 4.78 is 0. The molecule has 18 heavy (non-hydrogen) atoms. The van der Waals surface area contributed by atoms with E-state index in [-0.39, 0.29) is 17.9 Å². The zero-order valence-electron chi connectivity index (χ0n) is 10.7. The van der Waals surface area contributed by atoms with Crippen LogP contribution in [0.25, 0.3) is 0 Å². The van der Waals surface area contributed by atoms with Crippen molar-refractivity contribution in [3.05, 3.63) is 23.8 Å². The van der Waals surface area contributed by atoms with Crippen molar-refractivity contribution in [3.63, 3.8) is 0 Å². The summed E-state index contributed by atoms with van der Waals surface area (Å²) >= 11 is 0. The molecule has 0 saturated heterocycles. The number of phenols is 1. The summed E-state index contributed by atoms with van der Waals surface area (Å²) in [6, 6.07) is 4.85. The van der Waals surface area contributed by atoms with Crippen LogP contribution < -0.4 is 5.32 Å². The van der Waals surface area contributed by atoms with Crippen LogP contribution in [0.5, 0.6) is 5.75 Å². The molecular weight excluding hydrogens is 234 g/mol. The van der Waals surface area contributed by atoms with Gasteiger partial charge in [0.15, 0.2) is 0 Å². The van der Waals surface area contributed by atoms with E-state index in [2.05, 4.69) is 5.32 Å². The largest absolute Gasteiger partial charge is 0.506 e. The maximum absolute atomic E-state index is 11.7. The Morgan fingerprint density at radius 3 is 2.44 bits per heavy atom. The number of hydrogen-bond acceptors (Lipinski definition) is 3. The van der Waals surface area contributed by atoms with Gasteiger partial charge in [0.25, 0.3) is 0 Å². The minimum Gasteiger partial charge on any atom is -0.506 e. The topological polar surface area (TPSA) is 86.6 Å². The number of aryl methyl sites for hydroxylation is 1. The number of carbonyl (C=O) groups excluding carboxylic acids is 1. The van der Waals surface area contributed by atoms with Crippen molar-refractivity contribution in [1.29, 1.82) is 0 Å². The lowest BCUT2D eigenvalue weighted by Gasteiger charge is -2.18. The lowest BCUT2D eigenvalue weighted by molar-refractivity contribution is -0.148. The number of amides is 1. The van der Waals surface area contributed by atoms with E-state index in [9.17, 15) is 14.7 Å². The summed E-state index contributed by atoms with van der Waals surface area (Å²) in [5, 5.41) is 21.0. The number of aliphatic carboxylic acids is 1. The molecule has 0 spiro atoms. The highest BCUT2D eigenvalue weighted by Gasteiger charge is 2.30. The quantitative estimate of drug-likeness (QED) is 0.715. The molecule has 0 heterocycles. The molecule has 0 radical (unpaired) electrons. The van der Waals surface area contributed by atoms with E-state index in [0.29, 0.717) is 0 Å². The normalized spacial score (nSPS) is 11.1. The number of benzene rings is 1. The molecule has 0 fully saturated rings. The molecule has 1 rings (SSSR count). The third-order valence-electron chi connectivity index (χ3n) is 2.61. The molecule has 5 heteroatoms. The predicted octanol–water partition coefficient (Wildman–Crippen LogP) is 2.14. The van der Waals surface area contributed by atoms with Gasteiger partial charge in [-0.1, -0.05) is 6.07 Å². The van der Waals surface area contributed by atoms with Crippen molar-refractivity contribution in [2.75, 3.05) is 5.32 Å². The van der Waals surface area contributed by atoms with Gasteiger partial charge in [0.2, 0.25) is 5.91 Å². The van der Waals surface area contributed by atoms with E-state index in [1.165, 1.54) is 19.9 Å². The van der Waals surface area contributed by atoms with Gasteiger partial charge in [-0.15, -0.1) is 0 Å². The maximum atomic E-state index is 11.7. The number of carboxylic acids is 1. The van der Waals surface area contributed by atoms with Crippen molar-refractivity contribution in [3.8, 4) is 5.75 Å². The van der Waals surface area contributed by atoms with Crippen molar-refractivity contribution >= 4 is 17.6 Å². The SMILES string of the molecule is Cc1ccc(NC(=O)CC(C)(C)C(=O)O)c(O)c1. The van der Waals surface area contributed by atoms with E-state index in [1.54, 1.807) is 12.1 Å². The molecule has 3 N–H and O–H groups in total. The Balaban J connectivity index is 2.74. The Hall–Kier alpha value is -2.04. The lowest BCUT2D eigenvalue weighted by Crippen LogP contribution is -2.29. The Morgan fingerprint density at radius 2 is 1.94 bits per heavy atom. The van der Waals surface area contributed by atoms with Crippen molar-refractivity contribution < 1.29 is 19.8 Å². The van der Waals surface area contributed by atoms with Crippen LogP contribution in [-0.2, 0) is 9.59 Å². The van der Waals surface area contributed by atoms with Crippen LogP contribution in [0.3, 0.4) is 0 Å². The number of aromatic hydroxyl groups is 1. The fourth-order valence-corrected chi connectivity index (χ4v) is 1.42. The Labute approximate surface area is 105 Å². The summed E-state index contributed by atoms with van der Waals surface area (Å²) in [7, 11) is 0. The minimum atomic E-state index is -1.13. The summed E-state index contributed by atoms with van der Waals surface area (Å²) in [6.07, 6.45) is -0.157. The molecule has 0 atom stereocenters. The molecule has 0 aliphatic rings. The lowest BCUT2D eigenvalue weighted by atomic mass is 9.89. The van der Waals surface area contributed by atoms with Gasteiger partial charge < -0.3 is 15.5 Å². The zero-order chi connectivity index (χ0) is 13.9. The van der Waals surface area contributed by atoms with Gasteiger partial charge in [-0.3, -0.25) is 9.59 Å². The fraction of sp³-hybridized carbons (Fsp3) is 0.385. The van der Waals surface area contributed by atoms with E-state index < -0.39 is 17.3 Å². The Morgan fingerprint density at radius 1 is 1.33 bits per heavy atom. The molecule has 0 aliphatic heterocycles.